The molecule has 0 bridgehead atoms. The van der Waals surface area contributed by atoms with Crippen LogP contribution < -0.4 is 5.73 Å². The Hall–Kier alpha value is -3.26. The van der Waals surface area contributed by atoms with E-state index >= 15 is 0 Å². The quantitative estimate of drug-likeness (QED) is 0.0399. The normalized spacial score (nSPS) is 23.5. The van der Waals surface area contributed by atoms with Gasteiger partial charge in [0.2, 0.25) is 0 Å². The largest absolute Gasteiger partial charge is 0.481 e. The average molecular weight is 703 g/mol. The second-order valence-electron chi connectivity index (χ2n) is 11.1. The van der Waals surface area contributed by atoms with Gasteiger partial charge in [0.1, 0.15) is 23.7 Å². The van der Waals surface area contributed by atoms with Crippen molar-refractivity contribution in [1.82, 2.24) is 0 Å². The Morgan fingerprint density at radius 1 is 1.02 bits per heavy atom. The van der Waals surface area contributed by atoms with E-state index in [2.05, 4.69) is 0 Å². The lowest BCUT2D eigenvalue weighted by molar-refractivity contribution is -0.157. The summed E-state index contributed by atoms with van der Waals surface area (Å²) in [5.74, 6) is -4.03. The molecule has 0 spiro atoms. The molecule has 7 N–H and O–H groups in total. The summed E-state index contributed by atoms with van der Waals surface area (Å²) in [6.07, 6.45) is 7.05. The third-order valence-corrected chi connectivity index (χ3v) is 8.32. The number of hydrogen-bond acceptors (Lipinski definition) is 10. The summed E-state index contributed by atoms with van der Waals surface area (Å²) < 4.78 is 10.1. The minimum Gasteiger partial charge on any atom is -0.481 e. The number of primary amides is 1. The van der Waals surface area contributed by atoms with Gasteiger partial charge in [-0.2, -0.15) is 0 Å². The van der Waals surface area contributed by atoms with Crippen molar-refractivity contribution in [3.05, 3.63) is 71.4 Å². The highest BCUT2D eigenvalue weighted by molar-refractivity contribution is 6.30. The van der Waals surface area contributed by atoms with Gasteiger partial charge < -0.3 is 40.7 Å². The van der Waals surface area contributed by atoms with Crippen molar-refractivity contribution in [1.29, 1.82) is 0 Å². The predicted octanol–water partition coefficient (Wildman–Crippen LogP) is 3.60. The van der Waals surface area contributed by atoms with Crippen LogP contribution in [0.5, 0.6) is 0 Å². The van der Waals surface area contributed by atoms with Gasteiger partial charge >= 0.3 is 18.0 Å². The number of hydrogen-bond donors (Lipinski definition) is 6. The number of alkyl halides is 1. The van der Waals surface area contributed by atoms with Gasteiger partial charge in [0.15, 0.2) is 5.78 Å². The van der Waals surface area contributed by atoms with E-state index in [1.54, 1.807) is 43.4 Å². The Morgan fingerprint density at radius 2 is 1.66 bits per heavy atom. The molecule has 12 nitrogen and oxygen atoms in total. The number of Topliss-reactive ketones (excluding diaryl/α,β-unsaturated/α-hetero) is 1. The monoisotopic (exact) mass is 701 g/mol. The highest BCUT2D eigenvalue weighted by Crippen LogP contribution is 2.27. The van der Waals surface area contributed by atoms with E-state index < -0.39 is 84.1 Å². The van der Waals surface area contributed by atoms with Crippen LogP contribution in [-0.4, -0.2) is 91.3 Å². The molecule has 0 heterocycles. The van der Waals surface area contributed by atoms with Gasteiger partial charge in [0.25, 0.3) is 0 Å². The van der Waals surface area contributed by atoms with Crippen LogP contribution in [0.25, 0.3) is 0 Å². The van der Waals surface area contributed by atoms with Crippen molar-refractivity contribution < 1.29 is 54.2 Å². The molecule has 6 unspecified atom stereocenters. The van der Waals surface area contributed by atoms with Crippen LogP contribution in [0.15, 0.2) is 71.4 Å². The molecular formula is C33H45Cl2NO11. The van der Waals surface area contributed by atoms with E-state index in [1.807, 2.05) is 6.92 Å². The van der Waals surface area contributed by atoms with Crippen molar-refractivity contribution in [3.63, 3.8) is 0 Å². The first kappa shape index (κ1) is 41.8. The summed E-state index contributed by atoms with van der Waals surface area (Å²) >= 11 is 12.5. The van der Waals surface area contributed by atoms with Gasteiger partial charge in [-0.05, 0) is 44.8 Å². The SMILES string of the molecule is CC/C=C/C(OC(N)=O)C(Cl)C(O)CC(=O)C(O)C(O)C(C)/C(Cl)=C/C=C/C=C(C)/C=C/C=C/C(=O)O[C@@H]1CC[C@@H](C(=O)O)C[C@@H]1O. The molecule has 0 aromatic carbocycles. The van der Waals surface area contributed by atoms with Gasteiger partial charge in [-0.3, -0.25) is 9.59 Å². The van der Waals surface area contributed by atoms with Crippen molar-refractivity contribution in [2.75, 3.05) is 0 Å². The standard InChI is InChI=1S/C33H45Cl2NO11/c1-4-5-13-27(47-33(36)45)29(35)24(38)18-25(39)31(42)30(41)20(3)22(34)12-8-6-10-19(2)11-7-9-14-28(40)46-26-16-15-21(32(43)44)17-23(26)37/h5-14,20-21,23-24,26-27,29-31,37-38,41-42H,4,15-18H2,1-3H3,(H2,36,45)(H,43,44)/b8-6+,11-7+,13-5+,14-9+,19-10+,22-12-/t20?,21-,23+,24?,26-,27?,29?,30?,31?/m1/s1. The molecule has 1 fully saturated rings. The molecule has 0 aromatic heterocycles. The second kappa shape index (κ2) is 21.6. The fourth-order valence-electron chi connectivity index (χ4n) is 4.47. The Bertz CT molecular complexity index is 1240. The lowest BCUT2D eigenvalue weighted by atomic mass is 9.85. The summed E-state index contributed by atoms with van der Waals surface area (Å²) in [7, 11) is 0. The third kappa shape index (κ3) is 15.5. The number of aliphatic hydroxyl groups excluding tert-OH is 4. The van der Waals surface area contributed by atoms with E-state index in [-0.39, 0.29) is 17.9 Å². The minimum absolute atomic E-state index is 0.0343. The number of rotatable bonds is 18. The zero-order chi connectivity index (χ0) is 35.7. The first-order valence-corrected chi connectivity index (χ1v) is 15.9. The number of aliphatic carboxylic acids is 1. The first-order chi connectivity index (χ1) is 22.1. The summed E-state index contributed by atoms with van der Waals surface area (Å²) in [5, 5.41) is 49.3. The predicted molar refractivity (Wildman–Crippen MR) is 176 cm³/mol. The van der Waals surface area contributed by atoms with Gasteiger partial charge in [0.05, 0.1) is 24.2 Å². The van der Waals surface area contributed by atoms with Crippen LogP contribution in [0.1, 0.15) is 52.9 Å². The smallest absolute Gasteiger partial charge is 0.405 e. The number of carbonyl (C=O) groups is 4. The zero-order valence-corrected chi connectivity index (χ0v) is 28.0. The number of allylic oxidation sites excluding steroid dienone is 9. The van der Waals surface area contributed by atoms with Gasteiger partial charge in [-0.25, -0.2) is 9.59 Å². The van der Waals surface area contributed by atoms with Crippen LogP contribution in [0, 0.1) is 11.8 Å². The maximum absolute atomic E-state index is 12.6. The summed E-state index contributed by atoms with van der Waals surface area (Å²) in [6, 6.07) is 0. The number of carboxylic acid groups (broad SMARTS) is 1. The number of ketones is 1. The van der Waals surface area contributed by atoms with E-state index in [9.17, 15) is 39.6 Å². The van der Waals surface area contributed by atoms with Gasteiger partial charge in [0, 0.05) is 23.4 Å². The third-order valence-electron chi connectivity index (χ3n) is 7.31. The van der Waals surface area contributed by atoms with E-state index in [4.69, 9.17) is 43.5 Å². The van der Waals surface area contributed by atoms with Crippen LogP contribution in [0.4, 0.5) is 4.79 Å². The highest BCUT2D eigenvalue weighted by atomic mass is 35.5. The molecule has 1 rings (SSSR count). The fourth-order valence-corrected chi connectivity index (χ4v) is 4.90. The number of aliphatic hydroxyl groups is 4. The lowest BCUT2D eigenvalue weighted by Gasteiger charge is -2.30. The Kier molecular flexibility index (Phi) is 19.2. The molecule has 1 aliphatic carbocycles. The number of nitrogens with two attached hydrogens (primary N) is 1. The molecule has 9 atom stereocenters. The number of ether oxygens (including phenoxy) is 2. The number of carboxylic acids is 1. The maximum atomic E-state index is 12.6. The van der Waals surface area contributed by atoms with E-state index in [0.717, 1.165) is 5.57 Å². The molecule has 0 radical (unpaired) electrons. The first-order valence-electron chi connectivity index (χ1n) is 15.1. The molecule has 1 amide bonds. The number of esters is 1. The summed E-state index contributed by atoms with van der Waals surface area (Å²) in [6.45, 7) is 5.12. The van der Waals surface area contributed by atoms with Crippen LogP contribution in [0.3, 0.4) is 0 Å². The minimum atomic E-state index is -1.88. The Morgan fingerprint density at radius 3 is 2.26 bits per heavy atom. The molecule has 262 valence electrons. The molecule has 0 aromatic rings. The van der Waals surface area contributed by atoms with Crippen molar-refractivity contribution in [2.24, 2.45) is 17.6 Å². The molecule has 47 heavy (non-hydrogen) atoms. The molecule has 1 saturated carbocycles. The van der Waals surface area contributed by atoms with Crippen LogP contribution >= 0.6 is 23.2 Å². The summed E-state index contributed by atoms with van der Waals surface area (Å²) in [5.41, 5.74) is 5.84. The van der Waals surface area contributed by atoms with E-state index in [0.29, 0.717) is 12.8 Å². The zero-order valence-electron chi connectivity index (χ0n) is 26.5. The molecule has 0 aliphatic heterocycles. The second-order valence-corrected chi connectivity index (χ2v) is 12.0. The molecule has 0 saturated heterocycles. The number of amides is 1. The lowest BCUT2D eigenvalue weighted by Crippen LogP contribution is -2.43. The van der Waals surface area contributed by atoms with Crippen LogP contribution in [-0.2, 0) is 23.9 Å². The summed E-state index contributed by atoms with van der Waals surface area (Å²) in [4.78, 5) is 46.8. The van der Waals surface area contributed by atoms with Crippen molar-refractivity contribution in [3.8, 4) is 0 Å². The van der Waals surface area contributed by atoms with Crippen LogP contribution in [0.2, 0.25) is 0 Å². The molecule has 1 aliphatic rings. The Labute approximate surface area is 284 Å². The molecular weight excluding hydrogens is 657 g/mol. The topological polar surface area (TPSA) is 214 Å². The maximum Gasteiger partial charge on any atom is 0.405 e. The number of halogens is 2. The fraction of sp³-hybridized carbons (Fsp3) is 0.515. The highest BCUT2D eigenvalue weighted by Gasteiger charge is 2.36. The van der Waals surface area contributed by atoms with Gasteiger partial charge in [-0.15, -0.1) is 11.6 Å². The number of carbonyl (C=O) groups excluding carboxylic acids is 3. The van der Waals surface area contributed by atoms with Crippen molar-refractivity contribution >= 4 is 47.0 Å². The molecule has 14 heteroatoms. The van der Waals surface area contributed by atoms with Crippen molar-refractivity contribution in [2.45, 2.75) is 94.9 Å². The Balaban J connectivity index is 2.63. The van der Waals surface area contributed by atoms with Gasteiger partial charge in [-0.1, -0.05) is 73.6 Å². The average Bonchev–Trinajstić information content (AvgIpc) is 3.02. The van der Waals surface area contributed by atoms with E-state index in [1.165, 1.54) is 31.2 Å².